The summed E-state index contributed by atoms with van der Waals surface area (Å²) in [7, 11) is 0. The molecule has 17 heavy (non-hydrogen) atoms. The minimum atomic E-state index is -1.57. The Morgan fingerprint density at radius 2 is 2.29 bits per heavy atom. The standard InChI is InChI=1S/C10H12N4O2S/c1-2-16-10-9(13-17(15)14-10)12-7-8-5-3-4-6-11-8/h3-6H,2,7H2,1H3,(H,12,13). The van der Waals surface area contributed by atoms with Crippen LogP contribution in [0.3, 0.4) is 0 Å². The molecule has 1 aromatic rings. The highest BCUT2D eigenvalue weighted by Gasteiger charge is 2.19. The number of nitrogens with one attached hydrogen (secondary N) is 1. The Morgan fingerprint density at radius 3 is 3.00 bits per heavy atom. The summed E-state index contributed by atoms with van der Waals surface area (Å²) in [5.74, 6) is 0.706. The topological polar surface area (TPSA) is 75.9 Å². The average molecular weight is 252 g/mol. The molecule has 0 aliphatic carbocycles. The molecular weight excluding hydrogens is 240 g/mol. The van der Waals surface area contributed by atoms with Crippen molar-refractivity contribution in [2.24, 2.45) is 8.80 Å². The Bertz CT molecular complexity index is 472. The Morgan fingerprint density at radius 1 is 1.41 bits per heavy atom. The zero-order valence-corrected chi connectivity index (χ0v) is 10.1. The summed E-state index contributed by atoms with van der Waals surface area (Å²) in [6.45, 7) is 2.78. The molecule has 1 atom stereocenters. The van der Waals surface area contributed by atoms with E-state index in [4.69, 9.17) is 4.74 Å². The molecular formula is C10H12N4O2S. The number of pyridine rings is 1. The van der Waals surface area contributed by atoms with E-state index < -0.39 is 11.2 Å². The monoisotopic (exact) mass is 252 g/mol. The fourth-order valence-corrected chi connectivity index (χ4v) is 1.89. The maximum absolute atomic E-state index is 11.2. The van der Waals surface area contributed by atoms with Crippen LogP contribution in [-0.2, 0) is 22.5 Å². The first kappa shape index (κ1) is 11.7. The average Bonchev–Trinajstić information content (AvgIpc) is 2.69. The SMILES string of the molecule is CCOC1=NS(=O)N=C1NCc1ccccn1. The van der Waals surface area contributed by atoms with Crippen LogP contribution in [0.2, 0.25) is 0 Å². The van der Waals surface area contributed by atoms with Crippen molar-refractivity contribution in [3.05, 3.63) is 30.1 Å². The molecule has 6 nitrogen and oxygen atoms in total. The van der Waals surface area contributed by atoms with Gasteiger partial charge in [-0.05, 0) is 19.1 Å². The van der Waals surface area contributed by atoms with E-state index in [0.29, 0.717) is 24.9 Å². The second-order valence-corrected chi connectivity index (χ2v) is 4.00. The minimum absolute atomic E-state index is 0.293. The van der Waals surface area contributed by atoms with E-state index in [-0.39, 0.29) is 0 Å². The summed E-state index contributed by atoms with van der Waals surface area (Å²) in [4.78, 5) is 4.16. The summed E-state index contributed by atoms with van der Waals surface area (Å²) in [6, 6.07) is 5.63. The van der Waals surface area contributed by atoms with Crippen molar-refractivity contribution in [1.29, 1.82) is 0 Å². The Hall–Kier alpha value is -1.76. The van der Waals surface area contributed by atoms with Gasteiger partial charge in [0.1, 0.15) is 0 Å². The van der Waals surface area contributed by atoms with Gasteiger partial charge in [0.2, 0.25) is 5.84 Å². The van der Waals surface area contributed by atoms with Gasteiger partial charge < -0.3 is 10.1 Å². The van der Waals surface area contributed by atoms with Gasteiger partial charge in [0.25, 0.3) is 17.1 Å². The molecule has 90 valence electrons. The molecule has 0 spiro atoms. The lowest BCUT2D eigenvalue weighted by molar-refractivity contribution is 0.334. The molecule has 0 aromatic carbocycles. The van der Waals surface area contributed by atoms with Crippen molar-refractivity contribution >= 4 is 22.9 Å². The molecule has 2 heterocycles. The second kappa shape index (κ2) is 5.53. The number of rotatable bonds is 3. The molecule has 1 unspecified atom stereocenters. The van der Waals surface area contributed by atoms with Gasteiger partial charge in [-0.15, -0.1) is 8.80 Å². The molecule has 2 rings (SSSR count). The van der Waals surface area contributed by atoms with E-state index in [9.17, 15) is 4.21 Å². The Kier molecular flexibility index (Phi) is 3.81. The lowest BCUT2D eigenvalue weighted by Crippen LogP contribution is -2.30. The fourth-order valence-electron chi connectivity index (χ4n) is 1.27. The van der Waals surface area contributed by atoms with Crippen LogP contribution >= 0.6 is 0 Å². The normalized spacial score (nSPS) is 18.5. The number of hydrogen-bond donors (Lipinski definition) is 1. The van der Waals surface area contributed by atoms with Gasteiger partial charge in [-0.1, -0.05) is 6.07 Å². The summed E-state index contributed by atoms with van der Waals surface area (Å²) >= 11 is -1.57. The maximum Gasteiger partial charge on any atom is 0.271 e. The first-order valence-corrected chi connectivity index (χ1v) is 6.22. The summed E-state index contributed by atoms with van der Waals surface area (Å²) in [5, 5.41) is 3.00. The van der Waals surface area contributed by atoms with Crippen LogP contribution < -0.4 is 5.32 Å². The first-order valence-electron chi connectivity index (χ1n) is 5.16. The van der Waals surface area contributed by atoms with Crippen molar-refractivity contribution in [2.75, 3.05) is 6.61 Å². The zero-order valence-electron chi connectivity index (χ0n) is 9.29. The lowest BCUT2D eigenvalue weighted by atomic mass is 10.3. The fraction of sp³-hybridized carbons (Fsp3) is 0.300. The van der Waals surface area contributed by atoms with Gasteiger partial charge in [-0.25, -0.2) is 4.21 Å². The second-order valence-electron chi connectivity index (χ2n) is 3.17. The molecule has 0 bridgehead atoms. The van der Waals surface area contributed by atoms with E-state index in [1.54, 1.807) is 6.20 Å². The van der Waals surface area contributed by atoms with E-state index in [1.807, 2.05) is 25.1 Å². The molecule has 0 saturated carbocycles. The molecule has 0 saturated heterocycles. The summed E-state index contributed by atoms with van der Waals surface area (Å²) in [6.07, 6.45) is 1.71. The van der Waals surface area contributed by atoms with Crippen LogP contribution in [0.4, 0.5) is 0 Å². The largest absolute Gasteiger partial charge is 0.475 e. The Labute approximate surface area is 102 Å². The van der Waals surface area contributed by atoms with Gasteiger partial charge in [0.05, 0.1) is 18.8 Å². The highest BCUT2D eigenvalue weighted by molar-refractivity contribution is 7.83. The van der Waals surface area contributed by atoms with Gasteiger partial charge in [0.15, 0.2) is 0 Å². The minimum Gasteiger partial charge on any atom is -0.475 e. The van der Waals surface area contributed by atoms with Gasteiger partial charge in [-0.3, -0.25) is 4.98 Å². The van der Waals surface area contributed by atoms with Gasteiger partial charge in [-0.2, -0.15) is 0 Å². The number of hydrogen-bond acceptors (Lipinski definition) is 4. The van der Waals surface area contributed by atoms with Crippen molar-refractivity contribution < 1.29 is 8.95 Å². The van der Waals surface area contributed by atoms with Crippen molar-refractivity contribution in [1.82, 2.24) is 10.3 Å². The lowest BCUT2D eigenvalue weighted by Gasteiger charge is -2.07. The molecule has 1 aliphatic rings. The van der Waals surface area contributed by atoms with Crippen LogP contribution in [0.25, 0.3) is 0 Å². The van der Waals surface area contributed by atoms with Crippen LogP contribution in [0.1, 0.15) is 12.6 Å². The third-order valence-electron chi connectivity index (χ3n) is 1.98. The smallest absolute Gasteiger partial charge is 0.271 e. The number of aromatic nitrogens is 1. The Balaban J connectivity index is 1.98. The maximum atomic E-state index is 11.2. The summed E-state index contributed by atoms with van der Waals surface area (Å²) in [5.41, 5.74) is 0.865. The van der Waals surface area contributed by atoms with E-state index in [1.165, 1.54) is 0 Å². The number of nitrogens with zero attached hydrogens (tertiary/aromatic N) is 3. The highest BCUT2D eigenvalue weighted by atomic mass is 32.2. The molecule has 1 aromatic heterocycles. The summed E-state index contributed by atoms with van der Waals surface area (Å²) < 4.78 is 23.9. The van der Waals surface area contributed by atoms with Crippen molar-refractivity contribution in [2.45, 2.75) is 13.5 Å². The highest BCUT2D eigenvalue weighted by Crippen LogP contribution is 2.03. The van der Waals surface area contributed by atoms with Crippen LogP contribution in [0, 0.1) is 0 Å². The predicted octanol–water partition coefficient (Wildman–Crippen LogP) is 0.597. The predicted molar refractivity (Wildman–Crippen MR) is 65.7 cm³/mol. The third kappa shape index (κ3) is 3.10. The zero-order chi connectivity index (χ0) is 12.1. The molecule has 1 N–H and O–H groups in total. The molecule has 0 radical (unpaired) electrons. The van der Waals surface area contributed by atoms with Crippen molar-refractivity contribution in [3.8, 4) is 0 Å². The van der Waals surface area contributed by atoms with Crippen LogP contribution in [0.5, 0.6) is 0 Å². The first-order chi connectivity index (χ1) is 8.29. The van der Waals surface area contributed by atoms with Gasteiger partial charge >= 0.3 is 0 Å². The molecule has 0 fully saturated rings. The van der Waals surface area contributed by atoms with Crippen molar-refractivity contribution in [3.63, 3.8) is 0 Å². The number of ether oxygens (including phenoxy) is 1. The van der Waals surface area contributed by atoms with Gasteiger partial charge in [0, 0.05) is 6.20 Å². The number of amidine groups is 1. The molecule has 1 aliphatic heterocycles. The van der Waals surface area contributed by atoms with Crippen LogP contribution in [0.15, 0.2) is 33.2 Å². The van der Waals surface area contributed by atoms with E-state index >= 15 is 0 Å². The molecule has 7 heteroatoms. The quantitative estimate of drug-likeness (QED) is 0.854. The van der Waals surface area contributed by atoms with E-state index in [2.05, 4.69) is 19.1 Å². The van der Waals surface area contributed by atoms with E-state index in [0.717, 1.165) is 5.69 Å². The molecule has 0 amide bonds. The van der Waals surface area contributed by atoms with Crippen LogP contribution in [-0.4, -0.2) is 27.5 Å². The third-order valence-corrected chi connectivity index (χ3v) is 2.64.